The maximum absolute atomic E-state index is 11.0. The molecular weight excluding hydrogens is 338 g/mol. The van der Waals surface area contributed by atoms with Crippen molar-refractivity contribution in [3.8, 4) is 11.4 Å². The number of fused-ring (bicyclic) bond motifs is 1. The monoisotopic (exact) mass is 353 g/mol. The Morgan fingerprint density at radius 2 is 2.00 bits per heavy atom. The number of rotatable bonds is 4. The van der Waals surface area contributed by atoms with Crippen LogP contribution in [0.2, 0.25) is 0 Å². The molecule has 5 rings (SSSR count). The van der Waals surface area contributed by atoms with E-state index in [1.165, 1.54) is 4.88 Å². The lowest BCUT2D eigenvalue weighted by Crippen LogP contribution is -2.06. The van der Waals surface area contributed by atoms with Crippen LogP contribution in [0.5, 0.6) is 5.75 Å². The molecular formula is C17H15N5O2S. The molecule has 0 spiro atoms. The Labute approximate surface area is 146 Å². The van der Waals surface area contributed by atoms with Crippen LogP contribution >= 0.6 is 11.3 Å². The second-order valence-electron chi connectivity index (χ2n) is 6.23. The largest absolute Gasteiger partial charge is 0.508 e. The van der Waals surface area contributed by atoms with Crippen LogP contribution in [0.4, 0.5) is 0 Å². The lowest BCUT2D eigenvalue weighted by molar-refractivity contribution is 0.208. The number of thiazole rings is 1. The number of phenolic OH excluding ortho intramolecular Hbond substituents is 1. The molecule has 0 amide bonds. The van der Waals surface area contributed by atoms with Gasteiger partial charge in [0, 0.05) is 4.88 Å². The first-order valence-electron chi connectivity index (χ1n) is 8.05. The number of imidazole rings is 1. The van der Waals surface area contributed by atoms with Gasteiger partial charge in [0.1, 0.15) is 28.7 Å². The minimum absolute atomic E-state index is 0.193. The number of phenols is 1. The van der Waals surface area contributed by atoms with Crippen LogP contribution in [0.15, 0.2) is 43.0 Å². The van der Waals surface area contributed by atoms with E-state index in [0.717, 1.165) is 29.1 Å². The lowest BCUT2D eigenvalue weighted by Gasteiger charge is -2.09. The molecule has 0 saturated heterocycles. The summed E-state index contributed by atoms with van der Waals surface area (Å²) in [6.07, 6.45) is 6.74. The maximum Gasteiger partial charge on any atom is 0.141 e. The van der Waals surface area contributed by atoms with Crippen LogP contribution < -0.4 is 0 Å². The van der Waals surface area contributed by atoms with Gasteiger partial charge in [-0.1, -0.05) is 5.21 Å². The minimum atomic E-state index is -0.857. The molecule has 2 N–H and O–H groups in total. The van der Waals surface area contributed by atoms with E-state index in [-0.39, 0.29) is 5.75 Å². The number of nitrogens with zero attached hydrogens (tertiary/aromatic N) is 5. The van der Waals surface area contributed by atoms with Crippen molar-refractivity contribution >= 4 is 16.2 Å². The van der Waals surface area contributed by atoms with Gasteiger partial charge in [0.15, 0.2) is 0 Å². The summed E-state index contributed by atoms with van der Waals surface area (Å²) in [6.45, 7) is 0. The standard InChI is InChI=1S/C17H15N5O2S/c23-12-5-3-11(4-6-12)22-8-13(19-20-22)16(24)15-17(10-1-2-10)25-14-7-18-9-21(14)15/h3-10,16,23-24H,1-2H2. The highest BCUT2D eigenvalue weighted by molar-refractivity contribution is 7.17. The highest BCUT2D eigenvalue weighted by Crippen LogP contribution is 2.47. The van der Waals surface area contributed by atoms with Crippen molar-refractivity contribution in [3.05, 3.63) is 59.3 Å². The molecule has 3 aromatic heterocycles. The summed E-state index contributed by atoms with van der Waals surface area (Å²) in [4.78, 5) is 6.42. The molecule has 1 atom stereocenters. The number of aliphatic hydroxyl groups is 1. The highest BCUT2D eigenvalue weighted by atomic mass is 32.1. The third-order valence-electron chi connectivity index (χ3n) is 4.44. The van der Waals surface area contributed by atoms with Gasteiger partial charge >= 0.3 is 0 Å². The molecule has 126 valence electrons. The van der Waals surface area contributed by atoms with E-state index in [1.54, 1.807) is 52.8 Å². The summed E-state index contributed by atoms with van der Waals surface area (Å²) in [5.74, 6) is 0.723. The molecule has 7 nitrogen and oxygen atoms in total. The molecule has 1 unspecified atom stereocenters. The van der Waals surface area contributed by atoms with Crippen molar-refractivity contribution in [3.63, 3.8) is 0 Å². The number of aromatic hydroxyl groups is 1. The van der Waals surface area contributed by atoms with Crippen molar-refractivity contribution in [2.24, 2.45) is 0 Å². The minimum Gasteiger partial charge on any atom is -0.508 e. The summed E-state index contributed by atoms with van der Waals surface area (Å²) >= 11 is 1.69. The number of benzene rings is 1. The van der Waals surface area contributed by atoms with E-state index in [2.05, 4.69) is 15.3 Å². The van der Waals surface area contributed by atoms with Crippen LogP contribution in [-0.2, 0) is 0 Å². The Bertz CT molecular complexity index is 1040. The third-order valence-corrected chi connectivity index (χ3v) is 5.72. The van der Waals surface area contributed by atoms with Gasteiger partial charge in [0.25, 0.3) is 0 Å². The summed E-state index contributed by atoms with van der Waals surface area (Å²) in [6, 6.07) is 6.67. The Kier molecular flexibility index (Phi) is 3.16. The van der Waals surface area contributed by atoms with Gasteiger partial charge < -0.3 is 10.2 Å². The topological polar surface area (TPSA) is 88.5 Å². The van der Waals surface area contributed by atoms with Crippen LogP contribution in [0.3, 0.4) is 0 Å². The Balaban J connectivity index is 1.55. The quantitative estimate of drug-likeness (QED) is 0.589. The van der Waals surface area contributed by atoms with Crippen LogP contribution in [-0.4, -0.2) is 34.6 Å². The van der Waals surface area contributed by atoms with Gasteiger partial charge in [-0.25, -0.2) is 9.67 Å². The average molecular weight is 353 g/mol. The van der Waals surface area contributed by atoms with Crippen molar-refractivity contribution in [1.29, 1.82) is 0 Å². The molecule has 0 aliphatic heterocycles. The molecule has 4 aromatic rings. The summed E-state index contributed by atoms with van der Waals surface area (Å²) in [5.41, 5.74) is 2.10. The van der Waals surface area contributed by atoms with Gasteiger partial charge in [-0.3, -0.25) is 4.40 Å². The zero-order valence-corrected chi connectivity index (χ0v) is 14.0. The normalized spacial score (nSPS) is 15.7. The van der Waals surface area contributed by atoms with Gasteiger partial charge in [-0.05, 0) is 43.0 Å². The summed E-state index contributed by atoms with van der Waals surface area (Å²) in [7, 11) is 0. The first-order chi connectivity index (χ1) is 12.2. The van der Waals surface area contributed by atoms with Crippen molar-refractivity contribution in [1.82, 2.24) is 24.4 Å². The van der Waals surface area contributed by atoms with Crippen LogP contribution in [0, 0.1) is 0 Å². The zero-order chi connectivity index (χ0) is 17.0. The van der Waals surface area contributed by atoms with Crippen molar-refractivity contribution < 1.29 is 10.2 Å². The molecule has 1 saturated carbocycles. The number of hydrogen-bond acceptors (Lipinski definition) is 6. The summed E-state index contributed by atoms with van der Waals surface area (Å²) < 4.78 is 3.54. The van der Waals surface area contributed by atoms with Crippen molar-refractivity contribution in [2.45, 2.75) is 24.9 Å². The molecule has 25 heavy (non-hydrogen) atoms. The molecule has 1 fully saturated rings. The highest BCUT2D eigenvalue weighted by Gasteiger charge is 2.33. The van der Waals surface area contributed by atoms with Gasteiger partial charge in [-0.2, -0.15) is 0 Å². The first kappa shape index (κ1) is 14.6. The smallest absolute Gasteiger partial charge is 0.141 e. The van der Waals surface area contributed by atoms with E-state index < -0.39 is 6.10 Å². The third kappa shape index (κ3) is 2.41. The Morgan fingerprint density at radius 3 is 2.76 bits per heavy atom. The fourth-order valence-electron chi connectivity index (χ4n) is 3.00. The van der Waals surface area contributed by atoms with Gasteiger partial charge in [0.2, 0.25) is 0 Å². The molecule has 1 aromatic carbocycles. The maximum atomic E-state index is 11.0. The van der Waals surface area contributed by atoms with Gasteiger partial charge in [0.05, 0.1) is 23.8 Å². The fourth-order valence-corrected chi connectivity index (χ4v) is 4.30. The van der Waals surface area contributed by atoms with E-state index in [9.17, 15) is 10.2 Å². The second-order valence-corrected chi connectivity index (χ2v) is 7.30. The fraction of sp³-hybridized carbons (Fsp3) is 0.235. The molecule has 8 heteroatoms. The number of aliphatic hydroxyl groups excluding tert-OH is 1. The lowest BCUT2D eigenvalue weighted by atomic mass is 10.1. The van der Waals surface area contributed by atoms with Crippen LogP contribution in [0.1, 0.15) is 41.1 Å². The average Bonchev–Trinajstić information content (AvgIpc) is 3.04. The molecule has 0 bridgehead atoms. The Hall–Kier alpha value is -2.71. The first-order valence-corrected chi connectivity index (χ1v) is 8.87. The predicted molar refractivity (Wildman–Crippen MR) is 92.1 cm³/mol. The molecule has 3 heterocycles. The number of hydrogen-bond donors (Lipinski definition) is 2. The van der Waals surface area contributed by atoms with E-state index in [1.807, 2.05) is 10.6 Å². The van der Waals surface area contributed by atoms with Crippen LogP contribution in [0.25, 0.3) is 10.5 Å². The van der Waals surface area contributed by atoms with Gasteiger partial charge in [-0.15, -0.1) is 16.4 Å². The van der Waals surface area contributed by atoms with E-state index in [0.29, 0.717) is 11.6 Å². The molecule has 1 aliphatic carbocycles. The number of aromatic nitrogens is 5. The molecule has 0 radical (unpaired) electrons. The SMILES string of the molecule is Oc1ccc(-n2cc(C(O)c3c(C4CC4)sc4cncn34)nn2)cc1. The summed E-state index contributed by atoms with van der Waals surface area (Å²) in [5, 5.41) is 28.6. The van der Waals surface area contributed by atoms with Crippen molar-refractivity contribution in [2.75, 3.05) is 0 Å². The molecule has 1 aliphatic rings. The zero-order valence-electron chi connectivity index (χ0n) is 13.1. The van der Waals surface area contributed by atoms with E-state index in [4.69, 9.17) is 0 Å². The predicted octanol–water partition coefficient (Wildman–Crippen LogP) is 2.64. The Morgan fingerprint density at radius 1 is 1.20 bits per heavy atom. The van der Waals surface area contributed by atoms with E-state index >= 15 is 0 Å². The second kappa shape index (κ2) is 5.40.